The molecule has 80 valence electrons. The van der Waals surface area contributed by atoms with Crippen LogP contribution < -0.4 is 4.46 Å². The van der Waals surface area contributed by atoms with Crippen LogP contribution in [0.3, 0.4) is 0 Å². The molecule has 0 atom stereocenters. The van der Waals surface area contributed by atoms with Gasteiger partial charge in [0.05, 0.1) is 0 Å². The topological polar surface area (TPSA) is 60.2 Å². The number of unbranched alkanes of at least 4 members (excludes halogenated alkanes) is 1. The standard InChI is InChI=1S/C10H11NO3Se/c12-7-3-4-8-15-10-6-2-1-5-9(10)11(13)14/h1-2,5-7H,3-4,8H2. The number of hydrogen-bond donors (Lipinski definition) is 0. The van der Waals surface area contributed by atoms with Gasteiger partial charge in [-0.05, 0) is 0 Å². The van der Waals surface area contributed by atoms with Crippen molar-refractivity contribution in [2.45, 2.75) is 18.2 Å². The molecule has 1 aromatic rings. The van der Waals surface area contributed by atoms with Crippen molar-refractivity contribution in [1.82, 2.24) is 0 Å². The number of carbonyl (C=O) groups excluding carboxylic acids is 1. The SMILES string of the molecule is O=CCCC[Se]c1ccccc1[N+](=O)[O-]. The second kappa shape index (κ2) is 6.32. The summed E-state index contributed by atoms with van der Waals surface area (Å²) in [5, 5.41) is 11.5. The van der Waals surface area contributed by atoms with E-state index in [0.29, 0.717) is 6.42 Å². The summed E-state index contributed by atoms with van der Waals surface area (Å²) in [5.41, 5.74) is 0.198. The van der Waals surface area contributed by atoms with Crippen LogP contribution in [0, 0.1) is 10.1 Å². The van der Waals surface area contributed by atoms with Crippen LogP contribution in [0.15, 0.2) is 24.3 Å². The minimum absolute atomic E-state index is 0.0900. The van der Waals surface area contributed by atoms with E-state index in [1.54, 1.807) is 12.1 Å². The van der Waals surface area contributed by atoms with E-state index < -0.39 is 0 Å². The Balaban J connectivity index is 2.59. The molecule has 0 amide bonds. The van der Waals surface area contributed by atoms with Crippen molar-refractivity contribution in [2.75, 3.05) is 0 Å². The van der Waals surface area contributed by atoms with E-state index in [-0.39, 0.29) is 25.6 Å². The molecule has 0 aliphatic rings. The predicted molar refractivity (Wildman–Crippen MR) is 58.6 cm³/mol. The Bertz CT molecular complexity index is 354. The number of benzene rings is 1. The van der Waals surface area contributed by atoms with E-state index in [1.165, 1.54) is 6.07 Å². The monoisotopic (exact) mass is 273 g/mol. The average Bonchev–Trinajstić information content (AvgIpc) is 2.25. The molecule has 1 aromatic carbocycles. The van der Waals surface area contributed by atoms with Crippen molar-refractivity contribution < 1.29 is 9.72 Å². The third-order valence-electron chi connectivity index (χ3n) is 1.79. The van der Waals surface area contributed by atoms with E-state index >= 15 is 0 Å². The van der Waals surface area contributed by atoms with Gasteiger partial charge in [-0.1, -0.05) is 0 Å². The van der Waals surface area contributed by atoms with E-state index in [0.717, 1.165) is 22.5 Å². The first kappa shape index (κ1) is 11.9. The van der Waals surface area contributed by atoms with Crippen LogP contribution in [-0.4, -0.2) is 26.2 Å². The van der Waals surface area contributed by atoms with Gasteiger partial charge in [0.1, 0.15) is 0 Å². The molecule has 0 spiro atoms. The number of hydrogen-bond acceptors (Lipinski definition) is 3. The number of nitro groups is 1. The zero-order valence-corrected chi connectivity index (χ0v) is 9.80. The molecule has 0 aromatic heterocycles. The van der Waals surface area contributed by atoms with Gasteiger partial charge in [0.2, 0.25) is 0 Å². The van der Waals surface area contributed by atoms with E-state index in [4.69, 9.17) is 0 Å². The van der Waals surface area contributed by atoms with E-state index in [1.807, 2.05) is 6.07 Å². The molecule has 0 bridgehead atoms. The molecule has 0 aliphatic carbocycles. The molecule has 0 aliphatic heterocycles. The normalized spacial score (nSPS) is 9.87. The predicted octanol–water partition coefficient (Wildman–Crippen LogP) is 1.32. The van der Waals surface area contributed by atoms with Crippen LogP contribution in [0.2, 0.25) is 5.32 Å². The summed E-state index contributed by atoms with van der Waals surface area (Å²) in [5.74, 6) is 0. The van der Waals surface area contributed by atoms with Crippen LogP contribution in [0.25, 0.3) is 0 Å². The van der Waals surface area contributed by atoms with Crippen molar-refractivity contribution >= 4 is 31.4 Å². The van der Waals surface area contributed by atoms with Crippen molar-refractivity contribution in [1.29, 1.82) is 0 Å². The van der Waals surface area contributed by atoms with Gasteiger partial charge >= 0.3 is 93.7 Å². The van der Waals surface area contributed by atoms with Gasteiger partial charge in [-0.2, -0.15) is 0 Å². The number of rotatable bonds is 6. The van der Waals surface area contributed by atoms with Crippen molar-refractivity contribution in [3.63, 3.8) is 0 Å². The first-order valence-electron chi connectivity index (χ1n) is 4.55. The van der Waals surface area contributed by atoms with Crippen molar-refractivity contribution in [2.24, 2.45) is 0 Å². The number of aldehydes is 1. The fraction of sp³-hybridized carbons (Fsp3) is 0.300. The Labute approximate surface area is 94.0 Å². The third-order valence-corrected chi connectivity index (χ3v) is 4.20. The zero-order chi connectivity index (χ0) is 11.1. The van der Waals surface area contributed by atoms with E-state index in [9.17, 15) is 14.9 Å². The molecule has 5 heteroatoms. The Hall–Kier alpha value is -1.19. The molecular weight excluding hydrogens is 261 g/mol. The second-order valence-corrected chi connectivity index (χ2v) is 5.27. The van der Waals surface area contributed by atoms with Crippen LogP contribution in [0.1, 0.15) is 12.8 Å². The number of para-hydroxylation sites is 1. The summed E-state index contributed by atoms with van der Waals surface area (Å²) in [4.78, 5) is 20.4. The molecule has 1 rings (SSSR count). The Kier molecular flexibility index (Phi) is 5.01. The van der Waals surface area contributed by atoms with Gasteiger partial charge in [0, 0.05) is 0 Å². The quantitative estimate of drug-likeness (QED) is 0.258. The second-order valence-electron chi connectivity index (χ2n) is 2.88. The molecule has 0 N–H and O–H groups in total. The van der Waals surface area contributed by atoms with Crippen LogP contribution >= 0.6 is 0 Å². The van der Waals surface area contributed by atoms with Crippen molar-refractivity contribution in [3.8, 4) is 0 Å². The van der Waals surface area contributed by atoms with Gasteiger partial charge in [0.25, 0.3) is 0 Å². The first-order valence-corrected chi connectivity index (χ1v) is 6.62. The summed E-state index contributed by atoms with van der Waals surface area (Å²) < 4.78 is 0.806. The number of nitrogens with zero attached hydrogens (tertiary/aromatic N) is 1. The number of nitro benzene ring substituents is 1. The van der Waals surface area contributed by atoms with Crippen LogP contribution in [0.5, 0.6) is 0 Å². The summed E-state index contributed by atoms with van der Waals surface area (Å²) in [6.07, 6.45) is 2.24. The van der Waals surface area contributed by atoms with Crippen LogP contribution in [-0.2, 0) is 4.79 Å². The molecule has 0 fully saturated rings. The maximum absolute atomic E-state index is 10.7. The zero-order valence-electron chi connectivity index (χ0n) is 8.09. The van der Waals surface area contributed by atoms with Crippen LogP contribution in [0.4, 0.5) is 5.69 Å². The summed E-state index contributed by atoms with van der Waals surface area (Å²) in [6, 6.07) is 6.79. The Morgan fingerprint density at radius 3 is 2.80 bits per heavy atom. The van der Waals surface area contributed by atoms with E-state index in [2.05, 4.69) is 0 Å². The first-order chi connectivity index (χ1) is 7.25. The fourth-order valence-corrected chi connectivity index (χ4v) is 3.17. The summed E-state index contributed by atoms with van der Waals surface area (Å²) >= 11 is 0.0900. The molecule has 4 nitrogen and oxygen atoms in total. The summed E-state index contributed by atoms with van der Waals surface area (Å²) in [6.45, 7) is 0. The average molecular weight is 272 g/mol. The molecule has 0 unspecified atom stereocenters. The summed E-state index contributed by atoms with van der Waals surface area (Å²) in [7, 11) is 0. The van der Waals surface area contributed by atoms with Gasteiger partial charge in [-0.3, -0.25) is 0 Å². The van der Waals surface area contributed by atoms with Gasteiger partial charge in [-0.25, -0.2) is 0 Å². The number of carbonyl (C=O) groups is 1. The van der Waals surface area contributed by atoms with Gasteiger partial charge in [0.15, 0.2) is 0 Å². The van der Waals surface area contributed by atoms with Gasteiger partial charge in [-0.15, -0.1) is 0 Å². The Morgan fingerprint density at radius 1 is 1.40 bits per heavy atom. The maximum atomic E-state index is 10.7. The molecule has 0 saturated carbocycles. The molecule has 0 heterocycles. The minimum atomic E-state index is -0.350. The Morgan fingerprint density at radius 2 is 2.13 bits per heavy atom. The third kappa shape index (κ3) is 3.81. The molecule has 15 heavy (non-hydrogen) atoms. The van der Waals surface area contributed by atoms with Gasteiger partial charge < -0.3 is 0 Å². The molecule has 0 radical (unpaired) electrons. The molecular formula is C10H11NO3Se. The fourth-order valence-electron chi connectivity index (χ4n) is 1.08. The molecule has 0 saturated heterocycles. The van der Waals surface area contributed by atoms with Crippen molar-refractivity contribution in [3.05, 3.63) is 34.4 Å².